The number of hydrogen-bond acceptors (Lipinski definition) is 3. The topological polar surface area (TPSA) is 69.2 Å². The van der Waals surface area contributed by atoms with E-state index in [0.29, 0.717) is 22.9 Å². The second-order valence-electron chi connectivity index (χ2n) is 4.59. The molecule has 0 radical (unpaired) electrons. The van der Waals surface area contributed by atoms with Crippen LogP contribution in [0, 0.1) is 10.1 Å². The molecule has 0 aromatic heterocycles. The van der Waals surface area contributed by atoms with Gasteiger partial charge in [0.1, 0.15) is 0 Å². The lowest BCUT2D eigenvalue weighted by atomic mass is 9.99. The van der Waals surface area contributed by atoms with Crippen LogP contribution in [0.5, 0.6) is 0 Å². The van der Waals surface area contributed by atoms with Crippen molar-refractivity contribution in [3.05, 3.63) is 74.2 Å². The maximum absolute atomic E-state index is 11.0. The summed E-state index contributed by atoms with van der Waals surface area (Å²) in [4.78, 5) is 10.7. The first-order chi connectivity index (χ1) is 9.58. The van der Waals surface area contributed by atoms with E-state index >= 15 is 0 Å². The Kier molecular flexibility index (Phi) is 4.87. The van der Waals surface area contributed by atoms with Crippen molar-refractivity contribution >= 4 is 21.6 Å². The normalized spacial score (nSPS) is 12.1. The quantitative estimate of drug-likeness (QED) is 0.663. The summed E-state index contributed by atoms with van der Waals surface area (Å²) in [5.41, 5.74) is 8.02. The molecule has 0 saturated carbocycles. The molecule has 0 aliphatic rings. The fourth-order valence-electron chi connectivity index (χ4n) is 2.10. The number of nitrogens with two attached hydrogens (primary N) is 1. The van der Waals surface area contributed by atoms with Crippen LogP contribution in [-0.2, 0) is 6.42 Å². The smallest absolute Gasteiger partial charge is 0.273 e. The molecule has 0 aliphatic heterocycles. The minimum Gasteiger partial charge on any atom is -0.324 e. The number of aryl methyl sites for hydroxylation is 1. The Bertz CT molecular complexity index is 602. The van der Waals surface area contributed by atoms with Gasteiger partial charge in [-0.05, 0) is 24.5 Å². The molecule has 20 heavy (non-hydrogen) atoms. The van der Waals surface area contributed by atoms with Crippen molar-refractivity contribution in [3.8, 4) is 0 Å². The average Bonchev–Trinajstić information content (AvgIpc) is 2.46. The standard InChI is InChI=1S/C15H15BrN2O2/c16-13-8-6-12(15(10-13)18(19)20)7-9-14(17)11-4-2-1-3-5-11/h1-6,8,10,14H,7,9,17H2. The summed E-state index contributed by atoms with van der Waals surface area (Å²) in [6.07, 6.45) is 1.26. The van der Waals surface area contributed by atoms with Gasteiger partial charge in [0.15, 0.2) is 0 Å². The lowest BCUT2D eigenvalue weighted by Gasteiger charge is -2.12. The summed E-state index contributed by atoms with van der Waals surface area (Å²) in [5, 5.41) is 11.0. The number of hydrogen-bond donors (Lipinski definition) is 1. The first-order valence-corrected chi connectivity index (χ1v) is 7.10. The molecule has 1 unspecified atom stereocenters. The van der Waals surface area contributed by atoms with Gasteiger partial charge in [0.25, 0.3) is 5.69 Å². The van der Waals surface area contributed by atoms with E-state index in [1.165, 1.54) is 6.07 Å². The Morgan fingerprint density at radius 1 is 1.20 bits per heavy atom. The molecular formula is C15H15BrN2O2. The molecule has 2 aromatic rings. The highest BCUT2D eigenvalue weighted by atomic mass is 79.9. The molecule has 1 atom stereocenters. The van der Waals surface area contributed by atoms with Gasteiger partial charge in [0.2, 0.25) is 0 Å². The van der Waals surface area contributed by atoms with Crippen LogP contribution in [0.15, 0.2) is 53.0 Å². The first kappa shape index (κ1) is 14.7. The highest BCUT2D eigenvalue weighted by Crippen LogP contribution is 2.26. The van der Waals surface area contributed by atoms with E-state index in [2.05, 4.69) is 15.9 Å². The fraction of sp³-hybridized carbons (Fsp3) is 0.200. The molecule has 0 spiro atoms. The van der Waals surface area contributed by atoms with E-state index in [9.17, 15) is 10.1 Å². The van der Waals surface area contributed by atoms with Crippen molar-refractivity contribution in [3.63, 3.8) is 0 Å². The summed E-state index contributed by atoms with van der Waals surface area (Å²) in [7, 11) is 0. The van der Waals surface area contributed by atoms with E-state index in [0.717, 1.165) is 5.56 Å². The summed E-state index contributed by atoms with van der Waals surface area (Å²) in [5.74, 6) is 0. The van der Waals surface area contributed by atoms with Crippen LogP contribution in [0.1, 0.15) is 23.6 Å². The highest BCUT2D eigenvalue weighted by Gasteiger charge is 2.15. The van der Waals surface area contributed by atoms with Crippen LogP contribution in [0.4, 0.5) is 5.69 Å². The molecule has 0 fully saturated rings. The molecular weight excluding hydrogens is 320 g/mol. The Hall–Kier alpha value is -1.72. The maximum atomic E-state index is 11.0. The van der Waals surface area contributed by atoms with Crippen LogP contribution in [-0.4, -0.2) is 4.92 Å². The van der Waals surface area contributed by atoms with E-state index in [4.69, 9.17) is 5.73 Å². The van der Waals surface area contributed by atoms with Gasteiger partial charge in [-0.3, -0.25) is 10.1 Å². The van der Waals surface area contributed by atoms with Gasteiger partial charge in [0.05, 0.1) is 4.92 Å². The summed E-state index contributed by atoms with van der Waals surface area (Å²) < 4.78 is 0.709. The zero-order chi connectivity index (χ0) is 14.5. The Labute approximate surface area is 125 Å². The number of nitro groups is 1. The fourth-order valence-corrected chi connectivity index (χ4v) is 2.45. The predicted molar refractivity (Wildman–Crippen MR) is 82.5 cm³/mol. The van der Waals surface area contributed by atoms with Crippen molar-refractivity contribution in [2.45, 2.75) is 18.9 Å². The van der Waals surface area contributed by atoms with Crippen LogP contribution >= 0.6 is 15.9 Å². The van der Waals surface area contributed by atoms with Crippen LogP contribution < -0.4 is 5.73 Å². The second-order valence-corrected chi connectivity index (χ2v) is 5.50. The number of rotatable bonds is 5. The molecule has 4 nitrogen and oxygen atoms in total. The Morgan fingerprint density at radius 3 is 2.55 bits per heavy atom. The van der Waals surface area contributed by atoms with Crippen molar-refractivity contribution in [1.29, 1.82) is 0 Å². The first-order valence-electron chi connectivity index (χ1n) is 6.31. The number of nitro benzene ring substituents is 1. The number of benzene rings is 2. The molecule has 2 N–H and O–H groups in total. The van der Waals surface area contributed by atoms with Gasteiger partial charge in [0, 0.05) is 22.1 Å². The van der Waals surface area contributed by atoms with Crippen molar-refractivity contribution in [2.75, 3.05) is 0 Å². The molecule has 104 valence electrons. The van der Waals surface area contributed by atoms with Gasteiger partial charge >= 0.3 is 0 Å². The van der Waals surface area contributed by atoms with E-state index in [1.807, 2.05) is 36.4 Å². The zero-order valence-electron chi connectivity index (χ0n) is 10.8. The zero-order valence-corrected chi connectivity index (χ0v) is 12.4. The summed E-state index contributed by atoms with van der Waals surface area (Å²) in [6, 6.07) is 14.8. The van der Waals surface area contributed by atoms with Crippen LogP contribution in [0.3, 0.4) is 0 Å². The predicted octanol–water partition coefficient (Wildman–Crippen LogP) is 3.99. The highest BCUT2D eigenvalue weighted by molar-refractivity contribution is 9.10. The average molecular weight is 335 g/mol. The third kappa shape index (κ3) is 3.65. The molecule has 0 heterocycles. The monoisotopic (exact) mass is 334 g/mol. The number of halogens is 1. The molecule has 0 amide bonds. The van der Waals surface area contributed by atoms with Gasteiger partial charge in [-0.15, -0.1) is 0 Å². The third-order valence-electron chi connectivity index (χ3n) is 3.20. The number of nitrogens with zero attached hydrogens (tertiary/aromatic N) is 1. The van der Waals surface area contributed by atoms with Crippen molar-refractivity contribution < 1.29 is 4.92 Å². The van der Waals surface area contributed by atoms with Gasteiger partial charge < -0.3 is 5.73 Å². The van der Waals surface area contributed by atoms with E-state index in [1.54, 1.807) is 6.07 Å². The van der Waals surface area contributed by atoms with Gasteiger partial charge in [-0.1, -0.05) is 52.3 Å². The lowest BCUT2D eigenvalue weighted by Crippen LogP contribution is -2.11. The van der Waals surface area contributed by atoms with E-state index < -0.39 is 0 Å². The molecule has 5 heteroatoms. The van der Waals surface area contributed by atoms with Crippen molar-refractivity contribution in [1.82, 2.24) is 0 Å². The van der Waals surface area contributed by atoms with Crippen LogP contribution in [0.2, 0.25) is 0 Å². The minimum atomic E-state index is -0.353. The molecule has 0 aliphatic carbocycles. The molecule has 2 aromatic carbocycles. The van der Waals surface area contributed by atoms with Crippen LogP contribution in [0.25, 0.3) is 0 Å². The SMILES string of the molecule is NC(CCc1ccc(Br)cc1[N+](=O)[O-])c1ccccc1. The largest absolute Gasteiger partial charge is 0.324 e. The lowest BCUT2D eigenvalue weighted by molar-refractivity contribution is -0.385. The Morgan fingerprint density at radius 2 is 1.90 bits per heavy atom. The second kappa shape index (κ2) is 6.63. The van der Waals surface area contributed by atoms with Gasteiger partial charge in [-0.25, -0.2) is 0 Å². The van der Waals surface area contributed by atoms with Gasteiger partial charge in [-0.2, -0.15) is 0 Å². The molecule has 0 saturated heterocycles. The van der Waals surface area contributed by atoms with Crippen molar-refractivity contribution in [2.24, 2.45) is 5.73 Å². The minimum absolute atomic E-state index is 0.112. The van der Waals surface area contributed by atoms with E-state index in [-0.39, 0.29) is 16.7 Å². The molecule has 0 bridgehead atoms. The summed E-state index contributed by atoms with van der Waals surface area (Å²) >= 11 is 3.25. The third-order valence-corrected chi connectivity index (χ3v) is 3.69. The summed E-state index contributed by atoms with van der Waals surface area (Å²) in [6.45, 7) is 0. The molecule has 2 rings (SSSR count). The Balaban J connectivity index is 2.09. The maximum Gasteiger partial charge on any atom is 0.273 e.